The van der Waals surface area contributed by atoms with E-state index in [1.165, 1.54) is 31.3 Å². The smallest absolute Gasteiger partial charge is 0.325 e. The van der Waals surface area contributed by atoms with E-state index in [2.05, 4.69) is 9.47 Å². The Balaban J connectivity index is 3.21. The first kappa shape index (κ1) is 16.4. The van der Waals surface area contributed by atoms with Gasteiger partial charge in [-0.05, 0) is 18.6 Å². The Morgan fingerprint density at radius 1 is 1.19 bits per heavy atom. The number of rotatable bonds is 6. The number of nitro benzene ring substituents is 1. The summed E-state index contributed by atoms with van der Waals surface area (Å²) in [7, 11) is 2.39. The van der Waals surface area contributed by atoms with Gasteiger partial charge in [-0.3, -0.25) is 19.7 Å². The van der Waals surface area contributed by atoms with E-state index in [4.69, 9.17) is 0 Å². The third-order valence-electron chi connectivity index (χ3n) is 2.76. The number of hydrogen-bond acceptors (Lipinski definition) is 7. The van der Waals surface area contributed by atoms with Crippen LogP contribution in [-0.4, -0.2) is 44.2 Å². The van der Waals surface area contributed by atoms with Crippen molar-refractivity contribution in [3.05, 3.63) is 33.9 Å². The third kappa shape index (κ3) is 4.44. The Labute approximate surface area is 121 Å². The molecule has 0 atom stereocenters. The molecule has 0 aliphatic heterocycles. The number of ether oxygens (including phenoxy) is 2. The van der Waals surface area contributed by atoms with Gasteiger partial charge < -0.3 is 14.4 Å². The Morgan fingerprint density at radius 3 is 2.14 bits per heavy atom. The number of carbonyl (C=O) groups excluding carboxylic acids is 2. The van der Waals surface area contributed by atoms with E-state index in [-0.39, 0.29) is 24.5 Å². The van der Waals surface area contributed by atoms with Crippen LogP contribution < -0.4 is 4.90 Å². The molecule has 8 nitrogen and oxygen atoms in total. The van der Waals surface area contributed by atoms with Crippen LogP contribution in [0.25, 0.3) is 0 Å². The van der Waals surface area contributed by atoms with Crippen molar-refractivity contribution in [2.45, 2.75) is 6.92 Å². The lowest BCUT2D eigenvalue weighted by atomic mass is 10.1. The van der Waals surface area contributed by atoms with Crippen molar-refractivity contribution >= 4 is 23.3 Å². The molecule has 0 aliphatic carbocycles. The molecule has 0 saturated heterocycles. The highest BCUT2D eigenvalue weighted by atomic mass is 16.6. The number of methoxy groups -OCH3 is 2. The topological polar surface area (TPSA) is 99.0 Å². The number of anilines is 1. The number of nitro groups is 1. The minimum atomic E-state index is -0.617. The minimum absolute atomic E-state index is 0.154. The zero-order chi connectivity index (χ0) is 16.0. The number of carbonyl (C=O) groups is 2. The molecule has 0 fully saturated rings. The average molecular weight is 296 g/mol. The van der Waals surface area contributed by atoms with Crippen molar-refractivity contribution in [3.63, 3.8) is 0 Å². The van der Waals surface area contributed by atoms with E-state index in [0.717, 1.165) is 0 Å². The van der Waals surface area contributed by atoms with Crippen molar-refractivity contribution in [3.8, 4) is 0 Å². The molecular formula is C13H16N2O6. The van der Waals surface area contributed by atoms with Crippen molar-refractivity contribution in [2.75, 3.05) is 32.2 Å². The average Bonchev–Trinajstić information content (AvgIpc) is 2.45. The molecular weight excluding hydrogens is 280 g/mol. The second-order valence-corrected chi connectivity index (χ2v) is 4.26. The van der Waals surface area contributed by atoms with Crippen LogP contribution in [0.3, 0.4) is 0 Å². The van der Waals surface area contributed by atoms with Crippen LogP contribution in [0, 0.1) is 17.0 Å². The summed E-state index contributed by atoms with van der Waals surface area (Å²) in [6.45, 7) is 1.12. The Hall–Kier alpha value is -2.64. The van der Waals surface area contributed by atoms with Gasteiger partial charge in [-0.2, -0.15) is 0 Å². The molecule has 0 saturated carbocycles. The number of nitrogens with zero attached hydrogens (tertiary/aromatic N) is 2. The highest BCUT2D eigenvalue weighted by molar-refractivity contribution is 5.83. The van der Waals surface area contributed by atoms with Crippen LogP contribution in [-0.2, 0) is 19.1 Å². The van der Waals surface area contributed by atoms with E-state index in [0.29, 0.717) is 5.56 Å². The van der Waals surface area contributed by atoms with Gasteiger partial charge in [0.2, 0.25) is 0 Å². The largest absolute Gasteiger partial charge is 0.468 e. The second kappa shape index (κ2) is 7.22. The molecule has 0 unspecified atom stereocenters. The van der Waals surface area contributed by atoms with E-state index < -0.39 is 16.9 Å². The quantitative estimate of drug-likeness (QED) is 0.439. The minimum Gasteiger partial charge on any atom is -0.468 e. The van der Waals surface area contributed by atoms with Gasteiger partial charge in [0.25, 0.3) is 5.69 Å². The molecule has 0 N–H and O–H groups in total. The molecule has 0 spiro atoms. The first-order chi connectivity index (χ1) is 9.88. The molecule has 0 radical (unpaired) electrons. The number of aryl methyl sites for hydroxylation is 1. The highest BCUT2D eigenvalue weighted by Gasteiger charge is 2.24. The maximum atomic E-state index is 11.4. The normalized spacial score (nSPS) is 9.86. The maximum absolute atomic E-state index is 11.4. The predicted molar refractivity (Wildman–Crippen MR) is 74.1 cm³/mol. The maximum Gasteiger partial charge on any atom is 0.325 e. The summed E-state index contributed by atoms with van der Waals surface area (Å²) in [5.74, 6) is -1.23. The number of esters is 2. The summed E-state index contributed by atoms with van der Waals surface area (Å²) in [6, 6.07) is 4.51. The summed E-state index contributed by atoms with van der Waals surface area (Å²) in [4.78, 5) is 34.7. The fraction of sp³-hybridized carbons (Fsp3) is 0.385. The summed E-state index contributed by atoms with van der Waals surface area (Å²) < 4.78 is 9.08. The number of benzene rings is 1. The molecule has 0 bridgehead atoms. The zero-order valence-electron chi connectivity index (χ0n) is 12.0. The van der Waals surface area contributed by atoms with Crippen molar-refractivity contribution in [2.24, 2.45) is 0 Å². The molecule has 1 aromatic rings. The van der Waals surface area contributed by atoms with E-state index in [1.807, 2.05) is 0 Å². The van der Waals surface area contributed by atoms with Crippen molar-refractivity contribution in [1.29, 1.82) is 0 Å². The molecule has 8 heteroatoms. The molecule has 0 heterocycles. The Bertz CT molecular complexity index is 540. The first-order valence-corrected chi connectivity index (χ1v) is 6.02. The molecule has 0 amide bonds. The van der Waals surface area contributed by atoms with Gasteiger partial charge in [-0.1, -0.05) is 6.07 Å². The summed E-state index contributed by atoms with van der Waals surface area (Å²) >= 11 is 0. The fourth-order valence-corrected chi connectivity index (χ4v) is 1.71. The van der Waals surface area contributed by atoms with Gasteiger partial charge in [0, 0.05) is 6.07 Å². The Kier molecular flexibility index (Phi) is 5.65. The van der Waals surface area contributed by atoms with Crippen molar-refractivity contribution < 1.29 is 24.0 Å². The molecule has 21 heavy (non-hydrogen) atoms. The van der Waals surface area contributed by atoms with Crippen LogP contribution in [0.1, 0.15) is 5.56 Å². The molecule has 0 aromatic heterocycles. The summed E-state index contributed by atoms with van der Waals surface area (Å²) in [5.41, 5.74) is 0.658. The fourth-order valence-electron chi connectivity index (χ4n) is 1.71. The lowest BCUT2D eigenvalue weighted by Gasteiger charge is -2.22. The standard InChI is InChI=1S/C13H16N2O6/c1-9-4-5-10(11(6-9)15(18)19)14(7-12(16)20-2)8-13(17)21-3/h4-6H,7-8H2,1-3H3. The molecule has 114 valence electrons. The van der Waals surface area contributed by atoms with Gasteiger partial charge in [-0.15, -0.1) is 0 Å². The molecule has 0 aliphatic rings. The van der Waals surface area contributed by atoms with E-state index >= 15 is 0 Å². The van der Waals surface area contributed by atoms with Gasteiger partial charge in [0.1, 0.15) is 18.8 Å². The van der Waals surface area contributed by atoms with Gasteiger partial charge in [0.15, 0.2) is 0 Å². The van der Waals surface area contributed by atoms with Crippen LogP contribution in [0.4, 0.5) is 11.4 Å². The van der Waals surface area contributed by atoms with E-state index in [1.54, 1.807) is 13.0 Å². The monoisotopic (exact) mass is 296 g/mol. The molecule has 1 rings (SSSR count). The Morgan fingerprint density at radius 2 is 1.71 bits per heavy atom. The lowest BCUT2D eigenvalue weighted by Crippen LogP contribution is -2.36. The SMILES string of the molecule is COC(=O)CN(CC(=O)OC)c1ccc(C)cc1[N+](=O)[O-]. The van der Waals surface area contributed by atoms with Crippen LogP contribution in [0.5, 0.6) is 0 Å². The van der Waals surface area contributed by atoms with E-state index in [9.17, 15) is 19.7 Å². The third-order valence-corrected chi connectivity index (χ3v) is 2.76. The van der Waals surface area contributed by atoms with Crippen LogP contribution in [0.15, 0.2) is 18.2 Å². The van der Waals surface area contributed by atoms with Crippen LogP contribution >= 0.6 is 0 Å². The summed E-state index contributed by atoms with van der Waals surface area (Å²) in [6.07, 6.45) is 0. The van der Waals surface area contributed by atoms with Crippen LogP contribution in [0.2, 0.25) is 0 Å². The van der Waals surface area contributed by atoms with Gasteiger partial charge in [0.05, 0.1) is 19.1 Å². The van der Waals surface area contributed by atoms with Gasteiger partial charge >= 0.3 is 11.9 Å². The highest BCUT2D eigenvalue weighted by Crippen LogP contribution is 2.29. The second-order valence-electron chi connectivity index (χ2n) is 4.26. The zero-order valence-corrected chi connectivity index (χ0v) is 12.0. The molecule has 1 aromatic carbocycles. The lowest BCUT2D eigenvalue weighted by molar-refractivity contribution is -0.384. The predicted octanol–water partition coefficient (Wildman–Crippen LogP) is 1.06. The van der Waals surface area contributed by atoms with Gasteiger partial charge in [-0.25, -0.2) is 0 Å². The summed E-state index contributed by atoms with van der Waals surface area (Å²) in [5, 5.41) is 11.1. The first-order valence-electron chi connectivity index (χ1n) is 6.02. The number of hydrogen-bond donors (Lipinski definition) is 0. The van der Waals surface area contributed by atoms with Crippen molar-refractivity contribution in [1.82, 2.24) is 0 Å².